The van der Waals surface area contributed by atoms with Gasteiger partial charge < -0.3 is 10.1 Å². The summed E-state index contributed by atoms with van der Waals surface area (Å²) in [5.41, 5.74) is 0.258. The first-order valence-electron chi connectivity index (χ1n) is 6.88. The lowest BCUT2D eigenvalue weighted by Crippen LogP contribution is -2.16. The highest BCUT2D eigenvalue weighted by atomic mass is 32.2. The molecule has 0 saturated carbocycles. The molecule has 0 atom stereocenters. The zero-order valence-corrected chi connectivity index (χ0v) is 14.4. The summed E-state index contributed by atoms with van der Waals surface area (Å²) in [5, 5.41) is 9.46. The summed E-state index contributed by atoms with van der Waals surface area (Å²) in [6, 6.07) is 7.57. The number of ketones is 1. The monoisotopic (exact) mass is 368 g/mol. The molecule has 128 valence electrons. The van der Waals surface area contributed by atoms with Crippen molar-refractivity contribution in [2.75, 3.05) is 12.4 Å². The van der Waals surface area contributed by atoms with Gasteiger partial charge in [0.1, 0.15) is 10.6 Å². The van der Waals surface area contributed by atoms with E-state index in [0.29, 0.717) is 4.88 Å². The zero-order chi connectivity index (χ0) is 17.7. The van der Waals surface area contributed by atoms with Gasteiger partial charge in [-0.05, 0) is 29.6 Å². The summed E-state index contributed by atoms with van der Waals surface area (Å²) in [6.07, 6.45) is 0.0675. The number of ether oxygens (including phenoxy) is 1. The van der Waals surface area contributed by atoms with E-state index in [2.05, 4.69) is 5.32 Å². The normalized spacial score (nSPS) is 11.1. The predicted octanol–water partition coefficient (Wildman–Crippen LogP) is 2.01. The molecule has 1 aromatic heterocycles. The standard InChI is InChI=1S/C15H16N2O5S2/c1-22-12-6-4-10(9-14(12)24(16,20)21)17-15(19)7-5-11(18)13-3-2-8-23-13/h2-4,6,8-9H,5,7H2,1H3,(H,17,19)(H2,16,20,21). The number of nitrogens with two attached hydrogens (primary N) is 1. The van der Waals surface area contributed by atoms with E-state index in [9.17, 15) is 18.0 Å². The van der Waals surface area contributed by atoms with E-state index in [1.165, 1.54) is 36.6 Å². The van der Waals surface area contributed by atoms with Gasteiger partial charge in [0, 0.05) is 18.5 Å². The third kappa shape index (κ3) is 4.63. The first kappa shape index (κ1) is 18.1. The number of rotatable bonds is 7. The minimum atomic E-state index is -3.99. The molecule has 7 nitrogen and oxygen atoms in total. The quantitative estimate of drug-likeness (QED) is 0.725. The topological polar surface area (TPSA) is 116 Å². The average molecular weight is 368 g/mol. The van der Waals surface area contributed by atoms with E-state index >= 15 is 0 Å². The molecule has 0 aliphatic heterocycles. The summed E-state index contributed by atoms with van der Waals surface area (Å²) in [7, 11) is -2.67. The Bertz CT molecular complexity index is 845. The van der Waals surface area contributed by atoms with Crippen LogP contribution in [0.15, 0.2) is 40.6 Å². The van der Waals surface area contributed by atoms with Crippen molar-refractivity contribution in [3.8, 4) is 5.75 Å². The van der Waals surface area contributed by atoms with Crippen molar-refractivity contribution in [1.29, 1.82) is 0 Å². The Morgan fingerprint density at radius 1 is 1.25 bits per heavy atom. The Morgan fingerprint density at radius 2 is 2.00 bits per heavy atom. The van der Waals surface area contributed by atoms with Gasteiger partial charge >= 0.3 is 0 Å². The van der Waals surface area contributed by atoms with Crippen molar-refractivity contribution in [2.24, 2.45) is 5.14 Å². The average Bonchev–Trinajstić information content (AvgIpc) is 3.06. The molecule has 0 fully saturated rings. The van der Waals surface area contributed by atoms with Gasteiger partial charge in [0.15, 0.2) is 5.78 Å². The van der Waals surface area contributed by atoms with Crippen LogP contribution in [0, 0.1) is 0 Å². The fourth-order valence-electron chi connectivity index (χ4n) is 1.99. The largest absolute Gasteiger partial charge is 0.495 e. The first-order chi connectivity index (χ1) is 11.3. The Labute approximate surface area is 143 Å². The number of benzene rings is 1. The number of carbonyl (C=O) groups excluding carboxylic acids is 2. The fraction of sp³-hybridized carbons (Fsp3) is 0.200. The maximum Gasteiger partial charge on any atom is 0.241 e. The van der Waals surface area contributed by atoms with Crippen LogP contribution in [0.2, 0.25) is 0 Å². The Kier molecular flexibility index (Phi) is 5.71. The number of Topliss-reactive ketones (excluding diaryl/α,β-unsaturated/α-hetero) is 1. The number of carbonyl (C=O) groups is 2. The molecule has 1 amide bonds. The van der Waals surface area contributed by atoms with E-state index in [-0.39, 0.29) is 35.0 Å². The first-order valence-corrected chi connectivity index (χ1v) is 9.31. The maximum atomic E-state index is 11.9. The van der Waals surface area contributed by atoms with Gasteiger partial charge in [0.25, 0.3) is 0 Å². The lowest BCUT2D eigenvalue weighted by molar-refractivity contribution is -0.116. The van der Waals surface area contributed by atoms with Crippen LogP contribution in [0.1, 0.15) is 22.5 Å². The molecule has 0 bridgehead atoms. The number of thiophene rings is 1. The third-order valence-electron chi connectivity index (χ3n) is 3.13. The van der Waals surface area contributed by atoms with Crippen molar-refractivity contribution in [3.63, 3.8) is 0 Å². The maximum absolute atomic E-state index is 11.9. The molecule has 0 aliphatic rings. The van der Waals surface area contributed by atoms with Crippen LogP contribution in [-0.2, 0) is 14.8 Å². The minimum Gasteiger partial charge on any atom is -0.495 e. The van der Waals surface area contributed by atoms with Gasteiger partial charge in [0.05, 0.1) is 12.0 Å². The van der Waals surface area contributed by atoms with Crippen molar-refractivity contribution in [2.45, 2.75) is 17.7 Å². The van der Waals surface area contributed by atoms with Crippen molar-refractivity contribution >= 4 is 38.7 Å². The number of methoxy groups -OCH3 is 1. The molecule has 2 aromatic rings. The van der Waals surface area contributed by atoms with Crippen LogP contribution >= 0.6 is 11.3 Å². The van der Waals surface area contributed by atoms with Crippen LogP contribution in [0.4, 0.5) is 5.69 Å². The Hall–Kier alpha value is -2.23. The van der Waals surface area contributed by atoms with Crippen LogP contribution in [0.25, 0.3) is 0 Å². The van der Waals surface area contributed by atoms with Crippen LogP contribution in [-0.4, -0.2) is 27.2 Å². The second-order valence-electron chi connectivity index (χ2n) is 4.86. The molecule has 3 N–H and O–H groups in total. The van der Waals surface area contributed by atoms with E-state index in [1.807, 2.05) is 0 Å². The van der Waals surface area contributed by atoms with Gasteiger partial charge in [-0.25, -0.2) is 13.6 Å². The molecule has 24 heavy (non-hydrogen) atoms. The molecule has 0 aliphatic carbocycles. The molecule has 0 unspecified atom stereocenters. The summed E-state index contributed by atoms with van der Waals surface area (Å²) < 4.78 is 28.0. The summed E-state index contributed by atoms with van der Waals surface area (Å²) in [5.74, 6) is -0.422. The van der Waals surface area contributed by atoms with Crippen LogP contribution < -0.4 is 15.2 Å². The summed E-state index contributed by atoms with van der Waals surface area (Å²) in [4.78, 5) is 24.2. The van der Waals surface area contributed by atoms with Gasteiger partial charge in [0.2, 0.25) is 15.9 Å². The second-order valence-corrected chi connectivity index (χ2v) is 7.34. The van der Waals surface area contributed by atoms with E-state index in [0.717, 1.165) is 0 Å². The molecule has 0 radical (unpaired) electrons. The molecule has 1 heterocycles. The second kappa shape index (κ2) is 7.56. The number of primary sulfonamides is 1. The highest BCUT2D eigenvalue weighted by Gasteiger charge is 2.17. The van der Waals surface area contributed by atoms with Crippen molar-refractivity contribution in [3.05, 3.63) is 40.6 Å². The van der Waals surface area contributed by atoms with Crippen LogP contribution in [0.5, 0.6) is 5.75 Å². The molecule has 2 rings (SSSR count). The van der Waals surface area contributed by atoms with E-state index in [4.69, 9.17) is 9.88 Å². The van der Waals surface area contributed by atoms with Crippen molar-refractivity contribution < 1.29 is 22.7 Å². The van der Waals surface area contributed by atoms with Crippen molar-refractivity contribution in [1.82, 2.24) is 0 Å². The number of nitrogens with one attached hydrogen (secondary N) is 1. The molecule has 1 aromatic carbocycles. The number of amides is 1. The fourth-order valence-corrected chi connectivity index (χ4v) is 3.41. The number of sulfonamides is 1. The lowest BCUT2D eigenvalue weighted by Gasteiger charge is -2.10. The molecular weight excluding hydrogens is 352 g/mol. The minimum absolute atomic E-state index is 0.00648. The Morgan fingerprint density at radius 3 is 2.58 bits per heavy atom. The van der Waals surface area contributed by atoms with E-state index < -0.39 is 15.9 Å². The highest BCUT2D eigenvalue weighted by Crippen LogP contribution is 2.26. The van der Waals surface area contributed by atoms with Gasteiger partial charge in [-0.1, -0.05) is 6.07 Å². The SMILES string of the molecule is COc1ccc(NC(=O)CCC(=O)c2cccs2)cc1S(N)(=O)=O. The number of hydrogen-bond donors (Lipinski definition) is 2. The summed E-state index contributed by atoms with van der Waals surface area (Å²) >= 11 is 1.32. The molecular formula is C15H16N2O5S2. The molecule has 0 saturated heterocycles. The molecule has 0 spiro atoms. The van der Waals surface area contributed by atoms with Crippen LogP contribution in [0.3, 0.4) is 0 Å². The number of anilines is 1. The number of hydrogen-bond acceptors (Lipinski definition) is 6. The predicted molar refractivity (Wildman–Crippen MR) is 90.9 cm³/mol. The van der Waals surface area contributed by atoms with Gasteiger partial charge in [-0.15, -0.1) is 11.3 Å². The zero-order valence-electron chi connectivity index (χ0n) is 12.8. The third-order valence-corrected chi connectivity index (χ3v) is 4.97. The van der Waals surface area contributed by atoms with E-state index in [1.54, 1.807) is 17.5 Å². The highest BCUT2D eigenvalue weighted by molar-refractivity contribution is 7.89. The molecule has 9 heteroatoms. The smallest absolute Gasteiger partial charge is 0.241 e. The summed E-state index contributed by atoms with van der Waals surface area (Å²) in [6.45, 7) is 0. The lowest BCUT2D eigenvalue weighted by atomic mass is 10.2. The van der Waals surface area contributed by atoms with Gasteiger partial charge in [-0.2, -0.15) is 0 Å². The Balaban J connectivity index is 2.03. The van der Waals surface area contributed by atoms with Gasteiger partial charge in [-0.3, -0.25) is 9.59 Å².